The molecule has 2 aliphatic rings. The first kappa shape index (κ1) is 16.7. The van der Waals surface area contributed by atoms with Crippen LogP contribution in [0.15, 0.2) is 24.3 Å². The van der Waals surface area contributed by atoms with Crippen molar-refractivity contribution in [1.29, 1.82) is 0 Å². The van der Waals surface area contributed by atoms with E-state index in [-0.39, 0.29) is 23.8 Å². The van der Waals surface area contributed by atoms with E-state index in [2.05, 4.69) is 10.6 Å². The number of likely N-dealkylation sites (tertiary alicyclic amines) is 1. The van der Waals surface area contributed by atoms with Gasteiger partial charge in [-0.25, -0.2) is 9.18 Å². The van der Waals surface area contributed by atoms with E-state index < -0.39 is 6.04 Å². The molecule has 1 aromatic rings. The Morgan fingerprint density at radius 2 is 1.71 bits per heavy atom. The van der Waals surface area contributed by atoms with E-state index in [1.807, 2.05) is 0 Å². The summed E-state index contributed by atoms with van der Waals surface area (Å²) in [5.41, 5.74) is 0.528. The number of nitrogens with zero attached hydrogens (tertiary/aromatic N) is 1. The Hall–Kier alpha value is -2.11. The number of nitrogens with one attached hydrogen (secondary N) is 2. The molecule has 1 saturated heterocycles. The van der Waals surface area contributed by atoms with Crippen molar-refractivity contribution in [2.75, 3.05) is 11.9 Å². The van der Waals surface area contributed by atoms with Gasteiger partial charge in [0.1, 0.15) is 11.9 Å². The minimum Gasteiger partial charge on any atom is -0.352 e. The molecule has 0 unspecified atom stereocenters. The summed E-state index contributed by atoms with van der Waals surface area (Å²) < 4.78 is 12.9. The van der Waals surface area contributed by atoms with Gasteiger partial charge >= 0.3 is 6.03 Å². The van der Waals surface area contributed by atoms with Gasteiger partial charge in [-0.1, -0.05) is 19.3 Å². The van der Waals surface area contributed by atoms with Crippen molar-refractivity contribution in [2.45, 2.75) is 57.0 Å². The standard InChI is InChI=1S/C18H24FN3O2/c19-13-8-10-15(11-9-13)21-18(24)22-12-4-7-16(22)17(23)20-14-5-2-1-3-6-14/h8-11,14,16H,1-7,12H2,(H,20,23)(H,21,24)/t16-/m0/s1. The molecule has 2 N–H and O–H groups in total. The maximum absolute atomic E-state index is 12.9. The van der Waals surface area contributed by atoms with Gasteiger partial charge in [-0.2, -0.15) is 0 Å². The Balaban J connectivity index is 1.58. The van der Waals surface area contributed by atoms with Gasteiger partial charge in [0.25, 0.3) is 0 Å². The number of halogens is 1. The molecule has 1 aliphatic heterocycles. The van der Waals surface area contributed by atoms with Crippen molar-refractivity contribution in [2.24, 2.45) is 0 Å². The quantitative estimate of drug-likeness (QED) is 0.892. The van der Waals surface area contributed by atoms with Crippen LogP contribution in [0.5, 0.6) is 0 Å². The van der Waals surface area contributed by atoms with Gasteiger partial charge < -0.3 is 15.5 Å². The van der Waals surface area contributed by atoms with Crippen LogP contribution in [0, 0.1) is 5.82 Å². The molecular formula is C18H24FN3O2. The van der Waals surface area contributed by atoms with E-state index in [9.17, 15) is 14.0 Å². The summed E-state index contributed by atoms with van der Waals surface area (Å²) >= 11 is 0. The molecule has 3 rings (SSSR count). The van der Waals surface area contributed by atoms with Crippen LogP contribution in [0.1, 0.15) is 44.9 Å². The fourth-order valence-electron chi connectivity index (χ4n) is 3.56. The molecule has 6 heteroatoms. The maximum Gasteiger partial charge on any atom is 0.322 e. The number of benzene rings is 1. The maximum atomic E-state index is 12.9. The van der Waals surface area contributed by atoms with Crippen LogP contribution in [-0.4, -0.2) is 35.5 Å². The zero-order chi connectivity index (χ0) is 16.9. The van der Waals surface area contributed by atoms with E-state index in [0.717, 1.165) is 32.1 Å². The predicted octanol–water partition coefficient (Wildman–Crippen LogP) is 3.27. The minimum absolute atomic E-state index is 0.0475. The molecule has 24 heavy (non-hydrogen) atoms. The van der Waals surface area contributed by atoms with E-state index in [0.29, 0.717) is 18.7 Å². The molecule has 130 valence electrons. The van der Waals surface area contributed by atoms with Gasteiger partial charge in [0.05, 0.1) is 0 Å². The number of urea groups is 1. The molecule has 1 atom stereocenters. The Kier molecular flexibility index (Phi) is 5.33. The van der Waals surface area contributed by atoms with Gasteiger partial charge in [-0.15, -0.1) is 0 Å². The third kappa shape index (κ3) is 4.04. The van der Waals surface area contributed by atoms with Crippen molar-refractivity contribution < 1.29 is 14.0 Å². The summed E-state index contributed by atoms with van der Waals surface area (Å²) in [6, 6.07) is 5.16. The fraction of sp³-hybridized carbons (Fsp3) is 0.556. The minimum atomic E-state index is -0.410. The molecule has 0 radical (unpaired) electrons. The Bertz CT molecular complexity index is 584. The Labute approximate surface area is 141 Å². The molecule has 0 bridgehead atoms. The highest BCUT2D eigenvalue weighted by molar-refractivity contribution is 5.94. The highest BCUT2D eigenvalue weighted by Gasteiger charge is 2.35. The first-order valence-corrected chi connectivity index (χ1v) is 8.77. The first-order chi connectivity index (χ1) is 11.6. The number of carbonyl (C=O) groups is 2. The summed E-state index contributed by atoms with van der Waals surface area (Å²) in [4.78, 5) is 26.6. The van der Waals surface area contributed by atoms with E-state index >= 15 is 0 Å². The zero-order valence-corrected chi connectivity index (χ0v) is 13.8. The molecule has 1 heterocycles. The number of anilines is 1. The second-order valence-corrected chi connectivity index (χ2v) is 6.63. The molecule has 3 amide bonds. The molecule has 1 aromatic carbocycles. The van der Waals surface area contributed by atoms with Crippen LogP contribution < -0.4 is 10.6 Å². The molecule has 0 aromatic heterocycles. The van der Waals surface area contributed by atoms with Gasteiger partial charge in [-0.3, -0.25) is 4.79 Å². The number of carbonyl (C=O) groups excluding carboxylic acids is 2. The van der Waals surface area contributed by atoms with Crippen molar-refractivity contribution in [1.82, 2.24) is 10.2 Å². The third-order valence-electron chi connectivity index (χ3n) is 4.86. The number of hydrogen-bond acceptors (Lipinski definition) is 2. The van der Waals surface area contributed by atoms with Crippen LogP contribution in [0.3, 0.4) is 0 Å². The lowest BCUT2D eigenvalue weighted by molar-refractivity contribution is -0.125. The second-order valence-electron chi connectivity index (χ2n) is 6.63. The fourth-order valence-corrected chi connectivity index (χ4v) is 3.56. The molecule has 2 fully saturated rings. The molecule has 5 nitrogen and oxygen atoms in total. The van der Waals surface area contributed by atoms with E-state index in [1.54, 1.807) is 4.90 Å². The van der Waals surface area contributed by atoms with Crippen molar-refractivity contribution in [3.05, 3.63) is 30.1 Å². The molecular weight excluding hydrogens is 309 g/mol. The summed E-state index contributed by atoms with van der Waals surface area (Å²) in [6.45, 7) is 0.565. The lowest BCUT2D eigenvalue weighted by Gasteiger charge is -2.28. The Morgan fingerprint density at radius 3 is 2.42 bits per heavy atom. The lowest BCUT2D eigenvalue weighted by Crippen LogP contribution is -2.50. The van der Waals surface area contributed by atoms with Crippen molar-refractivity contribution in [3.63, 3.8) is 0 Å². The number of rotatable bonds is 3. The normalized spacial score (nSPS) is 21.5. The smallest absolute Gasteiger partial charge is 0.322 e. The molecule has 1 saturated carbocycles. The van der Waals surface area contributed by atoms with E-state index in [1.165, 1.54) is 30.7 Å². The highest BCUT2D eigenvalue weighted by Crippen LogP contribution is 2.22. The van der Waals surface area contributed by atoms with Gasteiger partial charge in [0, 0.05) is 18.3 Å². The summed E-state index contributed by atoms with van der Waals surface area (Å²) in [6.07, 6.45) is 7.12. The predicted molar refractivity (Wildman–Crippen MR) is 90.2 cm³/mol. The zero-order valence-electron chi connectivity index (χ0n) is 13.8. The van der Waals surface area contributed by atoms with Crippen LogP contribution in [0.25, 0.3) is 0 Å². The van der Waals surface area contributed by atoms with Gasteiger partial charge in [0.15, 0.2) is 0 Å². The summed E-state index contributed by atoms with van der Waals surface area (Å²) in [7, 11) is 0. The largest absolute Gasteiger partial charge is 0.352 e. The van der Waals surface area contributed by atoms with Gasteiger partial charge in [-0.05, 0) is 49.9 Å². The van der Waals surface area contributed by atoms with Crippen LogP contribution in [0.4, 0.5) is 14.9 Å². The second kappa shape index (κ2) is 7.64. The third-order valence-corrected chi connectivity index (χ3v) is 4.86. The highest BCUT2D eigenvalue weighted by atomic mass is 19.1. The Morgan fingerprint density at radius 1 is 1.00 bits per heavy atom. The monoisotopic (exact) mass is 333 g/mol. The van der Waals surface area contributed by atoms with Crippen LogP contribution in [-0.2, 0) is 4.79 Å². The number of amides is 3. The topological polar surface area (TPSA) is 61.4 Å². The lowest BCUT2D eigenvalue weighted by atomic mass is 9.95. The van der Waals surface area contributed by atoms with Crippen LogP contribution in [0.2, 0.25) is 0 Å². The summed E-state index contributed by atoms with van der Waals surface area (Å²) in [5, 5.41) is 5.85. The van der Waals surface area contributed by atoms with Crippen LogP contribution >= 0.6 is 0 Å². The van der Waals surface area contributed by atoms with E-state index in [4.69, 9.17) is 0 Å². The summed E-state index contributed by atoms with van der Waals surface area (Å²) in [5.74, 6) is -0.396. The average Bonchev–Trinajstić information content (AvgIpc) is 3.08. The first-order valence-electron chi connectivity index (χ1n) is 8.77. The number of hydrogen-bond donors (Lipinski definition) is 2. The van der Waals surface area contributed by atoms with Gasteiger partial charge in [0.2, 0.25) is 5.91 Å². The van der Waals surface area contributed by atoms with Crippen molar-refractivity contribution >= 4 is 17.6 Å². The molecule has 1 aliphatic carbocycles. The molecule has 0 spiro atoms. The van der Waals surface area contributed by atoms with Crippen molar-refractivity contribution in [3.8, 4) is 0 Å². The SMILES string of the molecule is O=C(NC1CCCCC1)[C@@H]1CCCN1C(=O)Nc1ccc(F)cc1. The average molecular weight is 333 g/mol.